The Bertz CT molecular complexity index is 3750. The summed E-state index contributed by atoms with van der Waals surface area (Å²) in [6.45, 7) is 0. The summed E-state index contributed by atoms with van der Waals surface area (Å²) in [5, 5.41) is 9.11. The molecule has 61 heavy (non-hydrogen) atoms. The van der Waals surface area contributed by atoms with Crippen molar-refractivity contribution in [1.82, 2.24) is 15.0 Å². The van der Waals surface area contributed by atoms with Crippen molar-refractivity contribution in [2.75, 3.05) is 0 Å². The van der Waals surface area contributed by atoms with Crippen LogP contribution in [0.25, 0.3) is 111 Å². The van der Waals surface area contributed by atoms with E-state index in [2.05, 4.69) is 158 Å². The number of furan rings is 2. The molecule has 1 aliphatic rings. The van der Waals surface area contributed by atoms with Crippen LogP contribution in [-0.2, 0) is 6.42 Å². The Kier molecular flexibility index (Phi) is 7.43. The van der Waals surface area contributed by atoms with Crippen molar-refractivity contribution in [2.24, 2.45) is 0 Å². The molecule has 5 nitrogen and oxygen atoms in total. The number of benzene rings is 9. The van der Waals surface area contributed by atoms with Crippen LogP contribution >= 0.6 is 0 Å². The molecule has 1 aliphatic carbocycles. The molecule has 1 unspecified atom stereocenters. The van der Waals surface area contributed by atoms with Gasteiger partial charge < -0.3 is 8.83 Å². The highest BCUT2D eigenvalue weighted by atomic mass is 16.3. The van der Waals surface area contributed by atoms with Crippen molar-refractivity contribution in [2.45, 2.75) is 18.8 Å². The van der Waals surface area contributed by atoms with E-state index in [1.807, 2.05) is 24.3 Å². The topological polar surface area (TPSA) is 65.0 Å². The van der Waals surface area contributed by atoms with E-state index in [0.717, 1.165) is 89.7 Å². The number of aromatic nitrogens is 3. The van der Waals surface area contributed by atoms with Gasteiger partial charge in [0.2, 0.25) is 0 Å². The highest BCUT2D eigenvalue weighted by molar-refractivity contribution is 6.08. The second-order valence-corrected chi connectivity index (χ2v) is 16.2. The average molecular weight is 782 g/mol. The summed E-state index contributed by atoms with van der Waals surface area (Å²) in [6.07, 6.45) is 1.78. The number of aryl methyl sites for hydroxylation is 1. The molecule has 0 radical (unpaired) electrons. The summed E-state index contributed by atoms with van der Waals surface area (Å²) >= 11 is 0. The number of nitrogens with zero attached hydrogens (tertiary/aromatic N) is 3. The minimum Gasteiger partial charge on any atom is -0.456 e. The Labute approximate surface area is 350 Å². The van der Waals surface area contributed by atoms with Crippen molar-refractivity contribution in [1.29, 1.82) is 0 Å². The molecule has 286 valence electrons. The van der Waals surface area contributed by atoms with Crippen molar-refractivity contribution in [3.05, 3.63) is 199 Å². The summed E-state index contributed by atoms with van der Waals surface area (Å²) in [5.74, 6) is 1.75. The van der Waals surface area contributed by atoms with Crippen LogP contribution in [0, 0.1) is 0 Å². The third-order valence-electron chi connectivity index (χ3n) is 12.8. The van der Waals surface area contributed by atoms with Gasteiger partial charge in [-0.2, -0.15) is 0 Å². The number of para-hydroxylation sites is 2. The van der Waals surface area contributed by atoms with Gasteiger partial charge in [0.25, 0.3) is 0 Å². The zero-order valence-corrected chi connectivity index (χ0v) is 33.0. The van der Waals surface area contributed by atoms with Crippen molar-refractivity contribution < 1.29 is 8.83 Å². The van der Waals surface area contributed by atoms with Crippen LogP contribution in [0.15, 0.2) is 191 Å². The fraction of sp³-hybridized carbons (Fsp3) is 0.0536. The van der Waals surface area contributed by atoms with Crippen LogP contribution < -0.4 is 0 Å². The molecule has 0 spiro atoms. The largest absolute Gasteiger partial charge is 0.456 e. The average Bonchev–Trinajstić information content (AvgIpc) is 3.84. The number of fused-ring (bicyclic) bond motifs is 11. The lowest BCUT2D eigenvalue weighted by molar-refractivity contribution is 0.647. The second-order valence-electron chi connectivity index (χ2n) is 16.2. The molecule has 0 bridgehead atoms. The molecule has 3 aromatic heterocycles. The molecular formula is C56H35N3O2. The van der Waals surface area contributed by atoms with Crippen LogP contribution in [0.4, 0.5) is 0 Å². The number of hydrogen-bond donors (Lipinski definition) is 0. The minimum atomic E-state index is -0.0257. The predicted molar refractivity (Wildman–Crippen MR) is 248 cm³/mol. The maximum absolute atomic E-state index is 6.97. The van der Waals surface area contributed by atoms with Gasteiger partial charge in [-0.1, -0.05) is 133 Å². The maximum atomic E-state index is 6.97. The Balaban J connectivity index is 1.07. The molecular weight excluding hydrogens is 747 g/mol. The highest BCUT2D eigenvalue weighted by Gasteiger charge is 2.31. The van der Waals surface area contributed by atoms with Gasteiger partial charge in [-0.3, -0.25) is 0 Å². The van der Waals surface area contributed by atoms with Gasteiger partial charge >= 0.3 is 0 Å². The molecule has 0 aliphatic heterocycles. The summed E-state index contributed by atoms with van der Waals surface area (Å²) in [4.78, 5) is 16.0. The fourth-order valence-electron chi connectivity index (χ4n) is 9.84. The molecule has 13 rings (SSSR count). The van der Waals surface area contributed by atoms with Crippen LogP contribution in [0.2, 0.25) is 0 Å². The number of rotatable bonds is 4. The van der Waals surface area contributed by atoms with Crippen LogP contribution in [-0.4, -0.2) is 15.0 Å². The smallest absolute Gasteiger partial charge is 0.164 e. The van der Waals surface area contributed by atoms with Gasteiger partial charge in [-0.25, -0.2) is 15.0 Å². The van der Waals surface area contributed by atoms with Crippen molar-refractivity contribution in [3.8, 4) is 45.3 Å². The Morgan fingerprint density at radius 2 is 0.984 bits per heavy atom. The van der Waals surface area contributed by atoms with Gasteiger partial charge in [0, 0.05) is 49.7 Å². The summed E-state index contributed by atoms with van der Waals surface area (Å²) in [6, 6.07) is 64.4. The van der Waals surface area contributed by atoms with E-state index in [-0.39, 0.29) is 5.92 Å². The lowest BCUT2D eigenvalue weighted by Gasteiger charge is -2.22. The van der Waals surface area contributed by atoms with Gasteiger partial charge in [-0.15, -0.1) is 0 Å². The molecule has 1 atom stereocenters. The molecule has 0 saturated carbocycles. The molecule has 9 aromatic carbocycles. The lowest BCUT2D eigenvalue weighted by atomic mass is 9.82. The molecule has 3 heterocycles. The predicted octanol–water partition coefficient (Wildman–Crippen LogP) is 14.7. The normalized spacial score (nSPS) is 13.9. The minimum absolute atomic E-state index is 0.0257. The van der Waals surface area contributed by atoms with Gasteiger partial charge in [0.1, 0.15) is 22.3 Å². The van der Waals surface area contributed by atoms with E-state index in [0.29, 0.717) is 17.5 Å². The second kappa shape index (κ2) is 13.3. The quantitative estimate of drug-likeness (QED) is 0.178. The van der Waals surface area contributed by atoms with Gasteiger partial charge in [0.05, 0.1) is 0 Å². The molecule has 0 amide bonds. The standard InChI is InChI=1S/C56H35N3O2/c1-2-12-34-30-38(22-21-33(34)11-1)54-57-55(39-24-25-44-42-17-7-9-19-49(42)60-51(44)32-39)59-56(58-54)47-28-27-46-43-18-8-10-20-50(43)61-53(46)52(47)45-26-23-37-29-35-13-3-4-14-36(35)31-48(37)41-16-6-5-15-40(41)45/h1-22,24-25,27-32,45H,23,26H2. The van der Waals surface area contributed by atoms with Crippen LogP contribution in [0.1, 0.15) is 29.0 Å². The van der Waals surface area contributed by atoms with E-state index in [1.54, 1.807) is 0 Å². The SMILES string of the molecule is c1ccc2c(c1)-c1cc3ccccc3cc1CCC2c1c(-c2nc(-c3ccc4ccccc4c3)nc(-c3ccc4c(c3)oc3ccccc34)n2)ccc2c1oc1ccccc12. The molecule has 0 saturated heterocycles. The first kappa shape index (κ1) is 34.0. The molecule has 0 N–H and O–H groups in total. The Morgan fingerprint density at radius 1 is 0.393 bits per heavy atom. The molecule has 12 aromatic rings. The maximum Gasteiger partial charge on any atom is 0.164 e. The molecule has 5 heteroatoms. The monoisotopic (exact) mass is 781 g/mol. The first-order valence-electron chi connectivity index (χ1n) is 20.9. The first-order valence-corrected chi connectivity index (χ1v) is 20.9. The third kappa shape index (κ3) is 5.44. The molecule has 0 fully saturated rings. The third-order valence-corrected chi connectivity index (χ3v) is 12.8. The van der Waals surface area contributed by atoms with E-state index in [9.17, 15) is 0 Å². The van der Waals surface area contributed by atoms with E-state index in [4.69, 9.17) is 23.8 Å². The Morgan fingerprint density at radius 3 is 1.80 bits per heavy atom. The highest BCUT2D eigenvalue weighted by Crippen LogP contribution is 2.48. The van der Waals surface area contributed by atoms with Gasteiger partial charge in [-0.05, 0) is 105 Å². The van der Waals surface area contributed by atoms with Crippen molar-refractivity contribution >= 4 is 65.4 Å². The van der Waals surface area contributed by atoms with Gasteiger partial charge in [0.15, 0.2) is 17.5 Å². The lowest BCUT2D eigenvalue weighted by Crippen LogP contribution is -2.07. The first-order chi connectivity index (χ1) is 30.2. The van der Waals surface area contributed by atoms with Crippen LogP contribution in [0.5, 0.6) is 0 Å². The number of hydrogen-bond acceptors (Lipinski definition) is 5. The van der Waals surface area contributed by atoms with E-state index >= 15 is 0 Å². The summed E-state index contributed by atoms with van der Waals surface area (Å²) < 4.78 is 13.3. The Hall–Kier alpha value is -7.89. The van der Waals surface area contributed by atoms with Crippen LogP contribution in [0.3, 0.4) is 0 Å². The zero-order chi connectivity index (χ0) is 40.0. The zero-order valence-electron chi connectivity index (χ0n) is 33.0. The van der Waals surface area contributed by atoms with E-state index < -0.39 is 0 Å². The summed E-state index contributed by atoms with van der Waals surface area (Å²) in [5.41, 5.74) is 12.3. The summed E-state index contributed by atoms with van der Waals surface area (Å²) in [7, 11) is 0. The fourth-order valence-corrected chi connectivity index (χ4v) is 9.84. The van der Waals surface area contributed by atoms with E-state index in [1.165, 1.54) is 33.0 Å². The van der Waals surface area contributed by atoms with Crippen molar-refractivity contribution in [3.63, 3.8) is 0 Å².